The molecular formula is C14H13N5S2. The third-order valence-electron chi connectivity index (χ3n) is 2.63. The SMILES string of the molecule is N#CCC[C@H](C#N)CSc1nnc(Nc2ccccc2)s1. The molecule has 5 nitrogen and oxygen atoms in total. The van der Waals surface area contributed by atoms with E-state index in [0.29, 0.717) is 18.6 Å². The van der Waals surface area contributed by atoms with Gasteiger partial charge in [0.15, 0.2) is 4.34 Å². The number of nitrogens with one attached hydrogen (secondary N) is 1. The summed E-state index contributed by atoms with van der Waals surface area (Å²) in [6.07, 6.45) is 1.02. The second kappa shape index (κ2) is 8.25. The molecule has 1 heterocycles. The second-order valence-electron chi connectivity index (χ2n) is 4.20. The Morgan fingerprint density at radius 3 is 2.76 bits per heavy atom. The van der Waals surface area contributed by atoms with Crippen LogP contribution >= 0.6 is 23.1 Å². The van der Waals surface area contributed by atoms with E-state index in [0.717, 1.165) is 15.2 Å². The maximum atomic E-state index is 9.01. The minimum Gasteiger partial charge on any atom is -0.330 e. The number of benzene rings is 1. The van der Waals surface area contributed by atoms with Gasteiger partial charge in [-0.3, -0.25) is 0 Å². The first-order valence-electron chi connectivity index (χ1n) is 6.36. The number of thioether (sulfide) groups is 1. The van der Waals surface area contributed by atoms with Crippen LogP contribution < -0.4 is 5.32 Å². The van der Waals surface area contributed by atoms with Crippen LogP contribution in [0.1, 0.15) is 12.8 Å². The van der Waals surface area contributed by atoms with Crippen molar-refractivity contribution >= 4 is 33.9 Å². The molecule has 2 rings (SSSR count). The van der Waals surface area contributed by atoms with Crippen LogP contribution in [0, 0.1) is 28.6 Å². The lowest BCUT2D eigenvalue weighted by atomic mass is 10.1. The summed E-state index contributed by atoms with van der Waals surface area (Å²) in [4.78, 5) is 0. The second-order valence-corrected chi connectivity index (χ2v) is 6.44. The molecule has 0 unspecified atom stereocenters. The van der Waals surface area contributed by atoms with Crippen LogP contribution in [-0.4, -0.2) is 16.0 Å². The van der Waals surface area contributed by atoms with Gasteiger partial charge in [-0.05, 0) is 18.6 Å². The van der Waals surface area contributed by atoms with E-state index >= 15 is 0 Å². The highest BCUT2D eigenvalue weighted by atomic mass is 32.2. The fourth-order valence-corrected chi connectivity index (χ4v) is 3.42. The topological polar surface area (TPSA) is 85.4 Å². The summed E-state index contributed by atoms with van der Waals surface area (Å²) in [6.45, 7) is 0. The maximum Gasteiger partial charge on any atom is 0.210 e. The van der Waals surface area contributed by atoms with Gasteiger partial charge in [0.05, 0.1) is 18.1 Å². The van der Waals surface area contributed by atoms with Gasteiger partial charge in [-0.15, -0.1) is 10.2 Å². The van der Waals surface area contributed by atoms with Crippen molar-refractivity contribution in [2.24, 2.45) is 5.92 Å². The van der Waals surface area contributed by atoms with E-state index in [1.807, 2.05) is 30.3 Å². The number of anilines is 2. The predicted octanol–water partition coefficient (Wildman–Crippen LogP) is 3.82. The van der Waals surface area contributed by atoms with Crippen LogP contribution in [0.5, 0.6) is 0 Å². The normalized spacial score (nSPS) is 11.3. The molecular weight excluding hydrogens is 302 g/mol. The van der Waals surface area contributed by atoms with Crippen molar-refractivity contribution in [2.45, 2.75) is 17.2 Å². The minimum absolute atomic E-state index is 0.121. The van der Waals surface area contributed by atoms with Gasteiger partial charge < -0.3 is 5.32 Å². The van der Waals surface area contributed by atoms with Crippen LogP contribution in [0.4, 0.5) is 10.8 Å². The molecule has 1 N–H and O–H groups in total. The molecule has 0 aliphatic carbocycles. The van der Waals surface area contributed by atoms with E-state index in [1.165, 1.54) is 23.1 Å². The number of hydrogen-bond acceptors (Lipinski definition) is 7. The number of hydrogen-bond donors (Lipinski definition) is 1. The van der Waals surface area contributed by atoms with E-state index in [9.17, 15) is 0 Å². The predicted molar refractivity (Wildman–Crippen MR) is 84.3 cm³/mol. The average molecular weight is 315 g/mol. The summed E-state index contributed by atoms with van der Waals surface area (Å²) < 4.78 is 0.825. The van der Waals surface area contributed by atoms with E-state index in [2.05, 4.69) is 27.7 Å². The lowest BCUT2D eigenvalue weighted by molar-refractivity contribution is 0.685. The summed E-state index contributed by atoms with van der Waals surface area (Å²) in [5, 5.41) is 29.6. The number of aromatic nitrogens is 2. The molecule has 0 spiro atoms. The maximum absolute atomic E-state index is 9.01. The van der Waals surface area contributed by atoms with Crippen LogP contribution in [0.2, 0.25) is 0 Å². The molecule has 0 fully saturated rings. The molecule has 1 aromatic carbocycles. The van der Waals surface area contributed by atoms with Gasteiger partial charge in [0.2, 0.25) is 5.13 Å². The largest absolute Gasteiger partial charge is 0.330 e. The van der Waals surface area contributed by atoms with Crippen molar-refractivity contribution in [2.75, 3.05) is 11.1 Å². The lowest BCUT2D eigenvalue weighted by Gasteiger charge is -2.03. The molecule has 2 aromatic rings. The number of rotatable bonds is 7. The molecule has 0 bridgehead atoms. The molecule has 0 aliphatic rings. The third-order valence-corrected chi connectivity index (χ3v) is 4.76. The van der Waals surface area contributed by atoms with Crippen molar-refractivity contribution in [3.05, 3.63) is 30.3 Å². The summed E-state index contributed by atoms with van der Waals surface area (Å²) in [7, 11) is 0. The minimum atomic E-state index is -0.121. The highest BCUT2D eigenvalue weighted by molar-refractivity contribution is 8.01. The van der Waals surface area contributed by atoms with Crippen molar-refractivity contribution in [3.8, 4) is 12.1 Å². The molecule has 106 valence electrons. The van der Waals surface area contributed by atoms with E-state index in [4.69, 9.17) is 10.5 Å². The summed E-state index contributed by atoms with van der Waals surface area (Å²) >= 11 is 2.97. The first-order valence-corrected chi connectivity index (χ1v) is 8.17. The van der Waals surface area contributed by atoms with Crippen molar-refractivity contribution in [3.63, 3.8) is 0 Å². The molecule has 0 aliphatic heterocycles. The summed E-state index contributed by atoms with van der Waals surface area (Å²) in [6, 6.07) is 14.1. The van der Waals surface area contributed by atoms with Gasteiger partial charge in [0.25, 0.3) is 0 Å². The Bertz CT molecular complexity index is 641. The Labute approximate surface area is 131 Å². The number of nitrogens with zero attached hydrogens (tertiary/aromatic N) is 4. The van der Waals surface area contributed by atoms with Gasteiger partial charge in [0.1, 0.15) is 0 Å². The molecule has 0 saturated carbocycles. The standard InChI is InChI=1S/C14H13N5S2/c15-8-4-5-11(9-16)10-20-14-19-18-13(21-14)17-12-6-2-1-3-7-12/h1-3,6-7,11H,4-5,10H2,(H,17,18)/t11-/m1/s1. The van der Waals surface area contributed by atoms with Crippen molar-refractivity contribution in [1.82, 2.24) is 10.2 Å². The number of para-hydroxylation sites is 1. The lowest BCUT2D eigenvalue weighted by Crippen LogP contribution is -1.99. The fourth-order valence-electron chi connectivity index (χ4n) is 1.56. The van der Waals surface area contributed by atoms with Crippen LogP contribution in [0.3, 0.4) is 0 Å². The zero-order chi connectivity index (χ0) is 14.9. The monoisotopic (exact) mass is 315 g/mol. The van der Waals surface area contributed by atoms with Crippen molar-refractivity contribution < 1.29 is 0 Å². The van der Waals surface area contributed by atoms with Gasteiger partial charge >= 0.3 is 0 Å². The Morgan fingerprint density at radius 1 is 1.24 bits per heavy atom. The zero-order valence-electron chi connectivity index (χ0n) is 11.2. The molecule has 7 heteroatoms. The molecule has 21 heavy (non-hydrogen) atoms. The summed E-state index contributed by atoms with van der Waals surface area (Å²) in [5.41, 5.74) is 0.967. The molecule has 0 amide bonds. The first kappa shape index (κ1) is 15.3. The molecule has 1 aromatic heterocycles. The Hall–Kier alpha value is -2.09. The Balaban J connectivity index is 1.86. The quantitative estimate of drug-likeness (QED) is 0.782. The number of nitriles is 2. The molecule has 0 saturated heterocycles. The summed E-state index contributed by atoms with van der Waals surface area (Å²) in [5.74, 6) is 0.516. The van der Waals surface area contributed by atoms with E-state index in [1.54, 1.807) is 0 Å². The van der Waals surface area contributed by atoms with Crippen LogP contribution in [-0.2, 0) is 0 Å². The van der Waals surface area contributed by atoms with Gasteiger partial charge in [-0.25, -0.2) is 0 Å². The van der Waals surface area contributed by atoms with Gasteiger partial charge in [0, 0.05) is 17.9 Å². The van der Waals surface area contributed by atoms with Crippen molar-refractivity contribution in [1.29, 1.82) is 10.5 Å². The first-order chi connectivity index (χ1) is 10.3. The Kier molecular flexibility index (Phi) is 6.01. The Morgan fingerprint density at radius 2 is 2.05 bits per heavy atom. The fraction of sp³-hybridized carbons (Fsp3) is 0.286. The third kappa shape index (κ3) is 5.07. The highest BCUT2D eigenvalue weighted by Gasteiger charge is 2.11. The smallest absolute Gasteiger partial charge is 0.210 e. The van der Waals surface area contributed by atoms with E-state index < -0.39 is 0 Å². The highest BCUT2D eigenvalue weighted by Crippen LogP contribution is 2.29. The van der Waals surface area contributed by atoms with Gasteiger partial charge in [-0.1, -0.05) is 41.3 Å². The average Bonchev–Trinajstić information content (AvgIpc) is 2.96. The van der Waals surface area contributed by atoms with Crippen LogP contribution in [0.25, 0.3) is 0 Å². The van der Waals surface area contributed by atoms with Crippen LogP contribution in [0.15, 0.2) is 34.7 Å². The molecule has 0 radical (unpaired) electrons. The zero-order valence-corrected chi connectivity index (χ0v) is 12.8. The van der Waals surface area contributed by atoms with E-state index in [-0.39, 0.29) is 5.92 Å². The molecule has 1 atom stereocenters. The van der Waals surface area contributed by atoms with Gasteiger partial charge in [-0.2, -0.15) is 10.5 Å².